The van der Waals surface area contributed by atoms with Gasteiger partial charge in [0.05, 0.1) is 0 Å². The van der Waals surface area contributed by atoms with Crippen LogP contribution in [0.4, 0.5) is 0 Å². The maximum atomic E-state index is 12.7. The second-order valence-corrected chi connectivity index (χ2v) is 8.65. The minimum absolute atomic E-state index is 0.190. The summed E-state index contributed by atoms with van der Waals surface area (Å²) in [7, 11) is 0. The third-order valence-electron chi connectivity index (χ3n) is 6.47. The van der Waals surface area contributed by atoms with Gasteiger partial charge < -0.3 is 9.80 Å². The zero-order chi connectivity index (χ0) is 18.6. The van der Waals surface area contributed by atoms with E-state index in [1.165, 1.54) is 18.4 Å². The molecule has 0 atom stereocenters. The summed E-state index contributed by atoms with van der Waals surface area (Å²) in [4.78, 5) is 29.0. The van der Waals surface area contributed by atoms with Gasteiger partial charge in [-0.2, -0.15) is 0 Å². The summed E-state index contributed by atoms with van der Waals surface area (Å²) in [6.45, 7) is 3.65. The molecule has 27 heavy (non-hydrogen) atoms. The van der Waals surface area contributed by atoms with Crippen molar-refractivity contribution in [1.29, 1.82) is 0 Å². The van der Waals surface area contributed by atoms with Crippen molar-refractivity contribution in [1.82, 2.24) is 9.80 Å². The van der Waals surface area contributed by atoms with Gasteiger partial charge in [-0.15, -0.1) is 0 Å². The molecule has 4 heteroatoms. The first kappa shape index (κ1) is 18.5. The topological polar surface area (TPSA) is 40.6 Å². The predicted molar refractivity (Wildman–Crippen MR) is 107 cm³/mol. The van der Waals surface area contributed by atoms with Crippen LogP contribution in [-0.4, -0.2) is 47.8 Å². The number of benzene rings is 1. The van der Waals surface area contributed by atoms with Crippen LogP contribution in [0.2, 0.25) is 0 Å². The average molecular weight is 369 g/mol. The molecule has 146 valence electrons. The third kappa shape index (κ3) is 4.72. The van der Waals surface area contributed by atoms with Crippen molar-refractivity contribution in [3.8, 4) is 0 Å². The third-order valence-corrected chi connectivity index (χ3v) is 6.47. The lowest BCUT2D eigenvalue weighted by atomic mass is 9.89. The summed E-state index contributed by atoms with van der Waals surface area (Å²) in [6, 6.07) is 8.28. The molecule has 3 fully saturated rings. The van der Waals surface area contributed by atoms with E-state index >= 15 is 0 Å². The van der Waals surface area contributed by atoms with E-state index in [-0.39, 0.29) is 5.91 Å². The minimum Gasteiger partial charge on any atom is -0.342 e. The molecule has 0 aromatic heterocycles. The molecule has 1 aromatic carbocycles. The van der Waals surface area contributed by atoms with Gasteiger partial charge in [0.15, 0.2) is 0 Å². The molecule has 1 aromatic rings. The van der Waals surface area contributed by atoms with E-state index in [0.717, 1.165) is 76.7 Å². The zero-order valence-corrected chi connectivity index (χ0v) is 16.4. The number of carbonyl (C=O) groups is 2. The van der Waals surface area contributed by atoms with Crippen LogP contribution >= 0.6 is 0 Å². The van der Waals surface area contributed by atoms with Crippen LogP contribution in [0.15, 0.2) is 24.3 Å². The van der Waals surface area contributed by atoms with E-state index in [9.17, 15) is 9.59 Å². The molecule has 1 saturated carbocycles. The number of amides is 2. The SMILES string of the molecule is O=C(c1ccc(CC2CCN(C(=O)C3CC3)CC2)cc1)N1CCCCCC1. The Bertz CT molecular complexity index is 649. The van der Waals surface area contributed by atoms with Crippen molar-refractivity contribution < 1.29 is 9.59 Å². The fraction of sp³-hybridized carbons (Fsp3) is 0.652. The standard InChI is InChI=1S/C23H32N2O2/c26-22(24-13-3-1-2-4-14-24)20-7-5-18(6-8-20)17-19-11-15-25(16-12-19)23(27)21-9-10-21/h5-8,19,21H,1-4,9-17H2. The quantitative estimate of drug-likeness (QED) is 0.809. The normalized spacial score (nSPS) is 21.8. The van der Waals surface area contributed by atoms with Gasteiger partial charge in [0.1, 0.15) is 0 Å². The number of piperidine rings is 1. The first-order valence-corrected chi connectivity index (χ1v) is 10.9. The highest BCUT2D eigenvalue weighted by Gasteiger charge is 2.34. The Kier molecular flexibility index (Phi) is 5.80. The fourth-order valence-electron chi connectivity index (χ4n) is 4.52. The maximum absolute atomic E-state index is 12.7. The van der Waals surface area contributed by atoms with Crippen LogP contribution in [0.1, 0.15) is 67.3 Å². The van der Waals surface area contributed by atoms with Crippen LogP contribution in [0, 0.1) is 11.8 Å². The Hall–Kier alpha value is -1.84. The van der Waals surface area contributed by atoms with Crippen LogP contribution in [0.3, 0.4) is 0 Å². The summed E-state index contributed by atoms with van der Waals surface area (Å²) >= 11 is 0. The highest BCUT2D eigenvalue weighted by Crippen LogP contribution is 2.33. The number of nitrogens with zero attached hydrogens (tertiary/aromatic N) is 2. The molecule has 1 aliphatic carbocycles. The minimum atomic E-state index is 0.190. The maximum Gasteiger partial charge on any atom is 0.253 e. The van der Waals surface area contributed by atoms with Crippen molar-refractivity contribution in [2.45, 2.75) is 57.8 Å². The molecule has 0 N–H and O–H groups in total. The Labute approximate surface area is 162 Å². The summed E-state index contributed by atoms with van der Waals surface area (Å²) < 4.78 is 0. The van der Waals surface area contributed by atoms with E-state index < -0.39 is 0 Å². The van der Waals surface area contributed by atoms with E-state index in [1.807, 2.05) is 17.0 Å². The van der Waals surface area contributed by atoms with Crippen LogP contribution in [0.5, 0.6) is 0 Å². The molecule has 3 aliphatic rings. The van der Waals surface area contributed by atoms with E-state index in [4.69, 9.17) is 0 Å². The van der Waals surface area contributed by atoms with Crippen molar-refractivity contribution in [3.05, 3.63) is 35.4 Å². The number of rotatable bonds is 4. The summed E-state index contributed by atoms with van der Waals surface area (Å²) in [5.41, 5.74) is 2.14. The molecule has 2 aliphatic heterocycles. The molecule has 2 amide bonds. The van der Waals surface area contributed by atoms with Gasteiger partial charge in [0, 0.05) is 37.7 Å². The molecule has 0 unspecified atom stereocenters. The first-order chi connectivity index (χ1) is 13.2. The molecular weight excluding hydrogens is 336 g/mol. The zero-order valence-electron chi connectivity index (χ0n) is 16.4. The van der Waals surface area contributed by atoms with Gasteiger partial charge in [0.25, 0.3) is 5.91 Å². The van der Waals surface area contributed by atoms with E-state index in [0.29, 0.717) is 17.7 Å². The fourth-order valence-corrected chi connectivity index (χ4v) is 4.52. The summed E-state index contributed by atoms with van der Waals surface area (Å²) in [5.74, 6) is 1.58. The van der Waals surface area contributed by atoms with Gasteiger partial charge >= 0.3 is 0 Å². The van der Waals surface area contributed by atoms with Gasteiger partial charge in [-0.25, -0.2) is 0 Å². The lowest BCUT2D eigenvalue weighted by Gasteiger charge is -2.32. The van der Waals surface area contributed by atoms with Crippen LogP contribution in [-0.2, 0) is 11.2 Å². The Morgan fingerprint density at radius 2 is 1.41 bits per heavy atom. The highest BCUT2D eigenvalue weighted by atomic mass is 16.2. The molecule has 4 nitrogen and oxygen atoms in total. The first-order valence-electron chi connectivity index (χ1n) is 10.9. The smallest absolute Gasteiger partial charge is 0.253 e. The Balaban J connectivity index is 1.28. The van der Waals surface area contributed by atoms with Crippen LogP contribution < -0.4 is 0 Å². The van der Waals surface area contributed by atoms with Gasteiger partial charge in [0.2, 0.25) is 5.91 Å². The lowest BCUT2D eigenvalue weighted by Crippen LogP contribution is -2.39. The summed E-state index contributed by atoms with van der Waals surface area (Å²) in [6.07, 6.45) is 10.2. The molecule has 0 bridgehead atoms. The molecule has 2 heterocycles. The summed E-state index contributed by atoms with van der Waals surface area (Å²) in [5, 5.41) is 0. The molecule has 0 radical (unpaired) electrons. The number of hydrogen-bond donors (Lipinski definition) is 0. The van der Waals surface area contributed by atoms with Gasteiger partial charge in [-0.05, 0) is 68.6 Å². The Morgan fingerprint density at radius 1 is 0.778 bits per heavy atom. The molecule has 4 rings (SSSR count). The number of carbonyl (C=O) groups excluding carboxylic acids is 2. The highest BCUT2D eigenvalue weighted by molar-refractivity contribution is 5.94. The largest absolute Gasteiger partial charge is 0.342 e. The van der Waals surface area contributed by atoms with Gasteiger partial charge in [-0.1, -0.05) is 25.0 Å². The lowest BCUT2D eigenvalue weighted by molar-refractivity contribution is -0.133. The number of likely N-dealkylation sites (tertiary alicyclic amines) is 2. The van der Waals surface area contributed by atoms with Crippen molar-refractivity contribution in [3.63, 3.8) is 0 Å². The van der Waals surface area contributed by atoms with Crippen molar-refractivity contribution >= 4 is 11.8 Å². The molecular formula is C23H32N2O2. The van der Waals surface area contributed by atoms with Crippen molar-refractivity contribution in [2.75, 3.05) is 26.2 Å². The average Bonchev–Trinajstić information content (AvgIpc) is 3.55. The van der Waals surface area contributed by atoms with Crippen molar-refractivity contribution in [2.24, 2.45) is 11.8 Å². The second-order valence-electron chi connectivity index (χ2n) is 8.65. The van der Waals surface area contributed by atoms with E-state index in [1.54, 1.807) is 0 Å². The monoisotopic (exact) mass is 368 g/mol. The molecule has 2 saturated heterocycles. The van der Waals surface area contributed by atoms with E-state index in [2.05, 4.69) is 17.0 Å². The Morgan fingerprint density at radius 3 is 2.00 bits per heavy atom. The van der Waals surface area contributed by atoms with Crippen LogP contribution in [0.25, 0.3) is 0 Å². The second kappa shape index (κ2) is 8.45. The predicted octanol–water partition coefficient (Wildman–Crippen LogP) is 3.89. The van der Waals surface area contributed by atoms with Gasteiger partial charge in [-0.3, -0.25) is 9.59 Å². The molecule has 0 spiro atoms. The number of hydrogen-bond acceptors (Lipinski definition) is 2.